The molecule has 3 aromatic rings. The molecule has 1 amide bonds. The number of amides is 1. The predicted octanol–water partition coefficient (Wildman–Crippen LogP) is 8.49. The molecule has 41 heavy (non-hydrogen) atoms. The van der Waals surface area contributed by atoms with Crippen LogP contribution < -0.4 is 10.1 Å². The van der Waals surface area contributed by atoms with Crippen molar-refractivity contribution in [3.05, 3.63) is 73.5 Å². The van der Waals surface area contributed by atoms with Gasteiger partial charge < -0.3 is 10.1 Å². The maximum absolute atomic E-state index is 13.9. The zero-order chi connectivity index (χ0) is 29.4. The van der Waals surface area contributed by atoms with Gasteiger partial charge in [-0.05, 0) is 105 Å². The number of fused-ring (bicyclic) bond motifs is 1. The van der Waals surface area contributed by atoms with Crippen LogP contribution in [-0.4, -0.2) is 28.3 Å². The number of nitrogens with one attached hydrogen (secondary N) is 1. The highest BCUT2D eigenvalue weighted by Gasteiger charge is 2.32. The second kappa shape index (κ2) is 12.2. The molecule has 2 atom stereocenters. The monoisotopic (exact) mass is 593 g/mol. The minimum Gasteiger partial charge on any atom is -0.494 e. The Morgan fingerprint density at radius 3 is 2.49 bits per heavy atom. The Morgan fingerprint density at radius 1 is 1.10 bits per heavy atom. The molecule has 0 radical (unpaired) electrons. The topological polar surface area (TPSA) is 56.1 Å². The van der Waals surface area contributed by atoms with E-state index in [4.69, 9.17) is 27.9 Å². The molecule has 5 rings (SSSR count). The maximum Gasteiger partial charge on any atom is 0.248 e. The summed E-state index contributed by atoms with van der Waals surface area (Å²) in [6.07, 6.45) is 6.59. The largest absolute Gasteiger partial charge is 0.494 e. The van der Waals surface area contributed by atoms with Crippen molar-refractivity contribution in [1.82, 2.24) is 15.1 Å². The first-order chi connectivity index (χ1) is 19.5. The zero-order valence-electron chi connectivity index (χ0n) is 25.1. The average Bonchev–Trinajstić information content (AvgIpc) is 3.41. The molecule has 0 bridgehead atoms. The van der Waals surface area contributed by atoms with E-state index in [1.807, 2.05) is 50.7 Å². The number of benzene rings is 2. The van der Waals surface area contributed by atoms with Crippen molar-refractivity contribution in [1.29, 1.82) is 0 Å². The van der Waals surface area contributed by atoms with Gasteiger partial charge in [-0.2, -0.15) is 5.10 Å². The van der Waals surface area contributed by atoms with Crippen LogP contribution >= 0.6 is 23.2 Å². The molecule has 5 nitrogen and oxygen atoms in total. The number of rotatable bonds is 8. The summed E-state index contributed by atoms with van der Waals surface area (Å²) in [5.74, 6) is 1.52. The molecule has 0 saturated heterocycles. The molecule has 0 unspecified atom stereocenters. The van der Waals surface area contributed by atoms with Gasteiger partial charge in [0.25, 0.3) is 0 Å². The van der Waals surface area contributed by atoms with Gasteiger partial charge in [0, 0.05) is 51.9 Å². The molecule has 1 fully saturated rings. The van der Waals surface area contributed by atoms with E-state index in [-0.39, 0.29) is 11.9 Å². The lowest BCUT2D eigenvalue weighted by molar-refractivity contribution is -0.118. The lowest BCUT2D eigenvalue weighted by atomic mass is 9.87. The minimum absolute atomic E-state index is 0.0573. The fourth-order valence-electron chi connectivity index (χ4n) is 6.71. The molecule has 2 aromatic carbocycles. The van der Waals surface area contributed by atoms with E-state index in [2.05, 4.69) is 30.3 Å². The highest BCUT2D eigenvalue weighted by molar-refractivity contribution is 6.34. The summed E-state index contributed by atoms with van der Waals surface area (Å²) in [5, 5.41) is 9.53. The van der Waals surface area contributed by atoms with E-state index in [9.17, 15) is 4.79 Å². The molecule has 7 heteroatoms. The van der Waals surface area contributed by atoms with E-state index in [1.54, 1.807) is 0 Å². The number of carbonyl (C=O) groups is 1. The van der Waals surface area contributed by atoms with Gasteiger partial charge in [0.15, 0.2) is 0 Å². The van der Waals surface area contributed by atoms with Gasteiger partial charge in [-0.3, -0.25) is 9.48 Å². The van der Waals surface area contributed by atoms with E-state index >= 15 is 0 Å². The van der Waals surface area contributed by atoms with Crippen molar-refractivity contribution >= 4 is 34.7 Å². The molecular weight excluding hydrogens is 553 g/mol. The lowest BCUT2D eigenvalue weighted by Gasteiger charge is -2.27. The van der Waals surface area contributed by atoms with Gasteiger partial charge in [0.2, 0.25) is 5.91 Å². The van der Waals surface area contributed by atoms with Crippen molar-refractivity contribution < 1.29 is 9.53 Å². The summed E-state index contributed by atoms with van der Waals surface area (Å²) < 4.78 is 8.03. The quantitative estimate of drug-likeness (QED) is 0.266. The number of hydrogen-bond donors (Lipinski definition) is 1. The van der Waals surface area contributed by atoms with E-state index in [0.717, 1.165) is 92.4 Å². The highest BCUT2D eigenvalue weighted by atomic mass is 35.5. The average molecular weight is 595 g/mol. The third kappa shape index (κ3) is 6.08. The molecule has 2 aliphatic carbocycles. The highest BCUT2D eigenvalue weighted by Crippen LogP contribution is 2.45. The molecule has 1 saturated carbocycles. The Labute approximate surface area is 254 Å². The fourth-order valence-corrected chi connectivity index (χ4v) is 7.09. The number of allylic oxidation sites excluding steroid dienone is 1. The first-order valence-corrected chi connectivity index (χ1v) is 15.6. The molecule has 1 aromatic heterocycles. The summed E-state index contributed by atoms with van der Waals surface area (Å²) in [5.41, 5.74) is 10.3. The van der Waals surface area contributed by atoms with Crippen LogP contribution in [0.5, 0.6) is 5.75 Å². The van der Waals surface area contributed by atoms with Gasteiger partial charge >= 0.3 is 0 Å². The number of aryl methyl sites for hydroxylation is 4. The van der Waals surface area contributed by atoms with E-state index in [1.165, 1.54) is 12.8 Å². The van der Waals surface area contributed by atoms with Crippen LogP contribution in [0.3, 0.4) is 0 Å². The van der Waals surface area contributed by atoms with Gasteiger partial charge in [-0.1, -0.05) is 49.0 Å². The van der Waals surface area contributed by atoms with Gasteiger partial charge in [-0.25, -0.2) is 0 Å². The Bertz CT molecular complexity index is 1500. The van der Waals surface area contributed by atoms with E-state index in [0.29, 0.717) is 24.0 Å². The molecule has 0 spiro atoms. The van der Waals surface area contributed by atoms with Crippen LogP contribution in [0, 0.1) is 33.6 Å². The van der Waals surface area contributed by atoms with Crippen LogP contribution in [-0.2, 0) is 18.3 Å². The van der Waals surface area contributed by atoms with Crippen molar-refractivity contribution in [3.8, 4) is 16.9 Å². The predicted molar refractivity (Wildman–Crippen MR) is 169 cm³/mol. The first-order valence-electron chi connectivity index (χ1n) is 14.8. The van der Waals surface area contributed by atoms with Crippen molar-refractivity contribution in [2.45, 2.75) is 85.6 Å². The Kier molecular flexibility index (Phi) is 8.87. The van der Waals surface area contributed by atoms with Crippen LogP contribution in [0.1, 0.15) is 79.1 Å². The first kappa shape index (κ1) is 29.7. The second-order valence-corrected chi connectivity index (χ2v) is 12.8. The summed E-state index contributed by atoms with van der Waals surface area (Å²) in [4.78, 5) is 13.9. The second-order valence-electron chi connectivity index (χ2n) is 12.0. The number of carbonyl (C=O) groups excluding carboxylic acids is 1. The molecule has 1 N–H and O–H groups in total. The third-order valence-electron chi connectivity index (χ3n) is 8.86. The van der Waals surface area contributed by atoms with Crippen molar-refractivity contribution in [3.63, 3.8) is 0 Å². The van der Waals surface area contributed by atoms with E-state index < -0.39 is 0 Å². The number of hydrogen-bond acceptors (Lipinski definition) is 3. The number of ether oxygens (including phenoxy) is 1. The van der Waals surface area contributed by atoms with Crippen LogP contribution in [0.4, 0.5) is 0 Å². The van der Waals surface area contributed by atoms with Crippen molar-refractivity contribution in [2.24, 2.45) is 13.0 Å². The molecule has 1 heterocycles. The van der Waals surface area contributed by atoms with Gasteiger partial charge in [0.05, 0.1) is 12.3 Å². The number of aromatic nitrogens is 2. The third-order valence-corrected chi connectivity index (χ3v) is 9.77. The zero-order valence-corrected chi connectivity index (χ0v) is 26.6. The Hall–Kier alpha value is -2.76. The Balaban J connectivity index is 1.44. The lowest BCUT2D eigenvalue weighted by Crippen LogP contribution is -2.39. The summed E-state index contributed by atoms with van der Waals surface area (Å²) in [6, 6.07) is 8.26. The van der Waals surface area contributed by atoms with Crippen LogP contribution in [0.25, 0.3) is 16.7 Å². The number of halogens is 2. The normalized spacial score (nSPS) is 18.5. The fraction of sp³-hybridized carbons (Fsp3) is 0.471. The minimum atomic E-state index is 0.0573. The Morgan fingerprint density at radius 2 is 1.83 bits per heavy atom. The summed E-state index contributed by atoms with van der Waals surface area (Å²) in [6.45, 7) is 10.9. The standard InChI is InChI=1S/C34H41Cl2N3O2/c1-19-9-7-10-24(15-19)37-34(40)29-18-28-27(12-13-30(35)32(28)31-22(4)38-39(6)23(31)5)26(29)11-8-14-41-25-16-20(2)33(36)21(3)17-25/h12-13,16-17,19,24H,7-11,14-15,18H2,1-6H3,(H,37,40)/t19-,24+/m1/s1. The summed E-state index contributed by atoms with van der Waals surface area (Å²) in [7, 11) is 1.96. The maximum atomic E-state index is 13.9. The van der Waals surface area contributed by atoms with Crippen molar-refractivity contribution in [2.75, 3.05) is 6.61 Å². The number of nitrogens with zero attached hydrogens (tertiary/aromatic N) is 2. The van der Waals surface area contributed by atoms with Gasteiger partial charge in [-0.15, -0.1) is 0 Å². The molecule has 218 valence electrons. The van der Waals surface area contributed by atoms with Gasteiger partial charge in [0.1, 0.15) is 5.75 Å². The molecule has 2 aliphatic rings. The van der Waals surface area contributed by atoms with Crippen LogP contribution in [0.2, 0.25) is 10.0 Å². The van der Waals surface area contributed by atoms with Crippen LogP contribution in [0.15, 0.2) is 29.8 Å². The smallest absolute Gasteiger partial charge is 0.248 e. The molecule has 0 aliphatic heterocycles. The summed E-state index contributed by atoms with van der Waals surface area (Å²) >= 11 is 13.2. The molecular formula is C34H41Cl2N3O2. The SMILES string of the molecule is Cc1cc(OCCCC2=C(C(=O)N[C@H]3CCC[C@@H](C)C3)Cc3c2ccc(Cl)c3-c2c(C)nn(C)c2C)cc(C)c1Cl.